The fraction of sp³-hybridized carbons (Fsp3) is 0.667. The number of hydrogen-bond acceptors (Lipinski definition) is 4. The summed E-state index contributed by atoms with van der Waals surface area (Å²) in [4.78, 5) is 8.43. The minimum atomic E-state index is 0.389. The van der Waals surface area contributed by atoms with Crippen LogP contribution in [0.15, 0.2) is 12.3 Å². The molecule has 88 valence electrons. The van der Waals surface area contributed by atoms with Gasteiger partial charge in [-0.25, -0.2) is 9.97 Å². The van der Waals surface area contributed by atoms with Gasteiger partial charge in [-0.3, -0.25) is 0 Å². The van der Waals surface area contributed by atoms with Crippen molar-refractivity contribution in [3.05, 3.63) is 23.8 Å². The Bertz CT molecular complexity index is 343. The fourth-order valence-electron chi connectivity index (χ4n) is 2.03. The molecule has 0 amide bonds. The summed E-state index contributed by atoms with van der Waals surface area (Å²) in [6.45, 7) is 6.78. The predicted octanol–water partition coefficient (Wildman–Crippen LogP) is 1.30. The van der Waals surface area contributed by atoms with E-state index < -0.39 is 0 Å². The molecule has 0 aliphatic carbocycles. The van der Waals surface area contributed by atoms with Crippen molar-refractivity contribution in [2.24, 2.45) is 5.92 Å². The van der Waals surface area contributed by atoms with Crippen molar-refractivity contribution in [3.63, 3.8) is 0 Å². The minimum absolute atomic E-state index is 0.389. The van der Waals surface area contributed by atoms with E-state index in [9.17, 15) is 0 Å². The third-order valence-electron chi connectivity index (χ3n) is 3.08. The maximum Gasteiger partial charge on any atom is 0.125 e. The number of aryl methyl sites for hydroxylation is 1. The molecule has 2 unspecified atom stereocenters. The zero-order valence-corrected chi connectivity index (χ0v) is 9.94. The lowest BCUT2D eigenvalue weighted by Gasteiger charge is -2.14. The number of aromatic nitrogens is 2. The van der Waals surface area contributed by atoms with E-state index in [0.29, 0.717) is 12.0 Å². The lowest BCUT2D eigenvalue weighted by atomic mass is 10.0. The van der Waals surface area contributed by atoms with E-state index in [0.717, 1.165) is 37.6 Å². The molecule has 1 aliphatic rings. The van der Waals surface area contributed by atoms with Crippen molar-refractivity contribution in [2.75, 3.05) is 13.2 Å². The quantitative estimate of drug-likeness (QED) is 0.832. The predicted molar refractivity (Wildman–Crippen MR) is 62.0 cm³/mol. The Kier molecular flexibility index (Phi) is 3.85. The summed E-state index contributed by atoms with van der Waals surface area (Å²) in [5.41, 5.74) is 1.05. The molecule has 0 spiro atoms. The first-order valence-corrected chi connectivity index (χ1v) is 5.86. The van der Waals surface area contributed by atoms with Crippen molar-refractivity contribution in [1.82, 2.24) is 15.3 Å². The normalized spacial score (nSPS) is 24.9. The molecule has 1 saturated heterocycles. The van der Waals surface area contributed by atoms with Crippen LogP contribution in [0.2, 0.25) is 0 Å². The van der Waals surface area contributed by atoms with Gasteiger partial charge >= 0.3 is 0 Å². The van der Waals surface area contributed by atoms with Crippen LogP contribution in [0.5, 0.6) is 0 Å². The van der Waals surface area contributed by atoms with Gasteiger partial charge in [0, 0.05) is 25.9 Å². The second kappa shape index (κ2) is 5.37. The van der Waals surface area contributed by atoms with Gasteiger partial charge in [0.15, 0.2) is 0 Å². The van der Waals surface area contributed by atoms with E-state index in [1.165, 1.54) is 0 Å². The van der Waals surface area contributed by atoms with Crippen LogP contribution in [0.1, 0.15) is 24.9 Å². The lowest BCUT2D eigenvalue weighted by Crippen LogP contribution is -2.27. The third-order valence-corrected chi connectivity index (χ3v) is 3.08. The molecule has 1 fully saturated rings. The number of nitrogens with zero attached hydrogens (tertiary/aromatic N) is 2. The standard InChI is InChI=1S/C12H19N3O/c1-9-11(4-6-16-9)7-13-8-12-3-5-14-10(2)15-12/h3,5,9,11,13H,4,6-8H2,1-2H3. The second-order valence-corrected chi connectivity index (χ2v) is 4.35. The van der Waals surface area contributed by atoms with Gasteiger partial charge in [-0.05, 0) is 32.3 Å². The fourth-order valence-corrected chi connectivity index (χ4v) is 2.03. The summed E-state index contributed by atoms with van der Waals surface area (Å²) >= 11 is 0. The highest BCUT2D eigenvalue weighted by Crippen LogP contribution is 2.19. The van der Waals surface area contributed by atoms with Crippen LogP contribution in [0.25, 0.3) is 0 Å². The monoisotopic (exact) mass is 221 g/mol. The Morgan fingerprint density at radius 1 is 1.56 bits per heavy atom. The van der Waals surface area contributed by atoms with Crippen LogP contribution in [-0.4, -0.2) is 29.2 Å². The van der Waals surface area contributed by atoms with Gasteiger partial charge in [-0.15, -0.1) is 0 Å². The molecule has 4 nitrogen and oxygen atoms in total. The van der Waals surface area contributed by atoms with Crippen molar-refractivity contribution in [3.8, 4) is 0 Å². The first-order valence-electron chi connectivity index (χ1n) is 5.86. The van der Waals surface area contributed by atoms with Crippen LogP contribution in [-0.2, 0) is 11.3 Å². The van der Waals surface area contributed by atoms with Gasteiger partial charge in [0.05, 0.1) is 11.8 Å². The average molecular weight is 221 g/mol. The smallest absolute Gasteiger partial charge is 0.125 e. The molecule has 2 rings (SSSR count). The number of hydrogen-bond donors (Lipinski definition) is 1. The van der Waals surface area contributed by atoms with E-state index in [1.54, 1.807) is 6.20 Å². The van der Waals surface area contributed by atoms with Gasteiger partial charge in [-0.1, -0.05) is 0 Å². The first kappa shape index (κ1) is 11.5. The zero-order valence-electron chi connectivity index (χ0n) is 9.94. The van der Waals surface area contributed by atoms with E-state index in [-0.39, 0.29) is 0 Å². The Morgan fingerprint density at radius 2 is 2.44 bits per heavy atom. The Balaban J connectivity index is 1.75. The largest absolute Gasteiger partial charge is 0.378 e. The van der Waals surface area contributed by atoms with Crippen molar-refractivity contribution < 1.29 is 4.74 Å². The first-order chi connectivity index (χ1) is 7.75. The van der Waals surface area contributed by atoms with Gasteiger partial charge < -0.3 is 10.1 Å². The molecular weight excluding hydrogens is 202 g/mol. The molecule has 2 atom stereocenters. The van der Waals surface area contributed by atoms with E-state index in [4.69, 9.17) is 4.74 Å². The maximum absolute atomic E-state index is 5.52. The molecule has 0 bridgehead atoms. The van der Waals surface area contributed by atoms with Crippen molar-refractivity contribution in [2.45, 2.75) is 32.9 Å². The maximum atomic E-state index is 5.52. The van der Waals surface area contributed by atoms with E-state index in [2.05, 4.69) is 22.2 Å². The Labute approximate surface area is 96.4 Å². The molecule has 2 heterocycles. The second-order valence-electron chi connectivity index (χ2n) is 4.35. The number of rotatable bonds is 4. The van der Waals surface area contributed by atoms with Gasteiger partial charge in [-0.2, -0.15) is 0 Å². The molecule has 1 aromatic rings. The molecule has 1 aliphatic heterocycles. The topological polar surface area (TPSA) is 47.0 Å². The molecule has 1 aromatic heterocycles. The number of nitrogens with one attached hydrogen (secondary N) is 1. The van der Waals surface area contributed by atoms with Crippen LogP contribution < -0.4 is 5.32 Å². The van der Waals surface area contributed by atoms with E-state index >= 15 is 0 Å². The van der Waals surface area contributed by atoms with Gasteiger partial charge in [0.25, 0.3) is 0 Å². The molecule has 0 radical (unpaired) electrons. The molecule has 0 saturated carbocycles. The molecule has 16 heavy (non-hydrogen) atoms. The minimum Gasteiger partial charge on any atom is -0.378 e. The summed E-state index contributed by atoms with van der Waals surface area (Å²) in [7, 11) is 0. The third kappa shape index (κ3) is 3.00. The van der Waals surface area contributed by atoms with Gasteiger partial charge in [0.1, 0.15) is 5.82 Å². The molecule has 4 heteroatoms. The van der Waals surface area contributed by atoms with Crippen LogP contribution >= 0.6 is 0 Å². The Hall–Kier alpha value is -1.00. The zero-order chi connectivity index (χ0) is 11.4. The lowest BCUT2D eigenvalue weighted by molar-refractivity contribution is 0.105. The number of ether oxygens (including phenoxy) is 1. The highest BCUT2D eigenvalue weighted by Gasteiger charge is 2.23. The summed E-state index contributed by atoms with van der Waals surface area (Å²) < 4.78 is 5.52. The van der Waals surface area contributed by atoms with E-state index in [1.807, 2.05) is 13.0 Å². The van der Waals surface area contributed by atoms with Crippen LogP contribution in [0.4, 0.5) is 0 Å². The van der Waals surface area contributed by atoms with Crippen LogP contribution in [0.3, 0.4) is 0 Å². The summed E-state index contributed by atoms with van der Waals surface area (Å²) in [5, 5.41) is 3.43. The molecule has 0 aromatic carbocycles. The Morgan fingerprint density at radius 3 is 3.12 bits per heavy atom. The van der Waals surface area contributed by atoms with Crippen molar-refractivity contribution in [1.29, 1.82) is 0 Å². The highest BCUT2D eigenvalue weighted by molar-refractivity contribution is 5.01. The highest BCUT2D eigenvalue weighted by atomic mass is 16.5. The van der Waals surface area contributed by atoms with Gasteiger partial charge in [0.2, 0.25) is 0 Å². The summed E-state index contributed by atoms with van der Waals surface area (Å²) in [6.07, 6.45) is 3.36. The molecular formula is C12H19N3O. The van der Waals surface area contributed by atoms with Crippen LogP contribution in [0, 0.1) is 12.8 Å². The molecule has 1 N–H and O–H groups in total. The summed E-state index contributed by atoms with van der Waals surface area (Å²) in [5.74, 6) is 1.47. The average Bonchev–Trinajstić information content (AvgIpc) is 2.65. The van der Waals surface area contributed by atoms with Crippen molar-refractivity contribution >= 4 is 0 Å². The SMILES string of the molecule is Cc1nccc(CNCC2CCOC2C)n1. The summed E-state index contributed by atoms with van der Waals surface area (Å²) in [6, 6.07) is 1.95.